The number of nitrogens with two attached hydrogens (primary N) is 1. The summed E-state index contributed by atoms with van der Waals surface area (Å²) in [4.78, 5) is 4.30. The third-order valence-corrected chi connectivity index (χ3v) is 2.50. The van der Waals surface area contributed by atoms with Crippen LogP contribution in [0.15, 0.2) is 6.20 Å². The molecular formula is C9H15N3. The second-order valence-corrected chi connectivity index (χ2v) is 3.73. The molecule has 0 saturated carbocycles. The first-order valence-electron chi connectivity index (χ1n) is 4.57. The summed E-state index contributed by atoms with van der Waals surface area (Å²) in [5, 5.41) is 0. The smallest absolute Gasteiger partial charge is 0.141 e. The number of aryl methyl sites for hydroxylation is 1. The van der Waals surface area contributed by atoms with Gasteiger partial charge in [0.05, 0.1) is 0 Å². The Bertz CT molecular complexity index is 277. The summed E-state index contributed by atoms with van der Waals surface area (Å²) < 4.78 is 2.19. The standard InChI is InChI=1S/C9H15N3/c1-7-3-2-4-12-6-8(10)11-9(12)5-7/h6-7H,2-5,10H2,1H3. The van der Waals surface area contributed by atoms with E-state index in [4.69, 9.17) is 5.73 Å². The molecule has 0 bridgehead atoms. The van der Waals surface area contributed by atoms with Gasteiger partial charge in [-0.15, -0.1) is 0 Å². The number of hydrogen-bond donors (Lipinski definition) is 1. The Labute approximate surface area is 72.6 Å². The van der Waals surface area contributed by atoms with E-state index in [1.807, 2.05) is 6.20 Å². The molecule has 0 aliphatic carbocycles. The summed E-state index contributed by atoms with van der Waals surface area (Å²) in [6.45, 7) is 3.37. The molecule has 2 rings (SSSR count). The minimum absolute atomic E-state index is 0.666. The molecule has 1 atom stereocenters. The third-order valence-electron chi connectivity index (χ3n) is 2.50. The average molecular weight is 165 g/mol. The molecule has 0 saturated heterocycles. The summed E-state index contributed by atoms with van der Waals surface area (Å²) in [7, 11) is 0. The Balaban J connectivity index is 2.30. The monoisotopic (exact) mass is 165 g/mol. The van der Waals surface area contributed by atoms with Gasteiger partial charge in [0.1, 0.15) is 11.6 Å². The van der Waals surface area contributed by atoms with Gasteiger partial charge in [0.2, 0.25) is 0 Å². The van der Waals surface area contributed by atoms with Gasteiger partial charge < -0.3 is 10.3 Å². The molecule has 2 heterocycles. The third kappa shape index (κ3) is 1.31. The zero-order valence-electron chi connectivity index (χ0n) is 7.45. The van der Waals surface area contributed by atoms with E-state index in [0.717, 1.165) is 24.7 Å². The number of rotatable bonds is 0. The molecule has 1 unspecified atom stereocenters. The van der Waals surface area contributed by atoms with Gasteiger partial charge >= 0.3 is 0 Å². The van der Waals surface area contributed by atoms with E-state index in [-0.39, 0.29) is 0 Å². The Hall–Kier alpha value is -0.990. The molecular weight excluding hydrogens is 150 g/mol. The fraction of sp³-hybridized carbons (Fsp3) is 0.667. The highest BCUT2D eigenvalue weighted by Crippen LogP contribution is 2.19. The van der Waals surface area contributed by atoms with Crippen LogP contribution in [0.4, 0.5) is 5.82 Å². The number of aromatic nitrogens is 2. The lowest BCUT2D eigenvalue weighted by Gasteiger charge is -2.03. The molecule has 2 N–H and O–H groups in total. The van der Waals surface area contributed by atoms with Crippen molar-refractivity contribution in [3.05, 3.63) is 12.0 Å². The van der Waals surface area contributed by atoms with E-state index in [1.54, 1.807) is 0 Å². The van der Waals surface area contributed by atoms with Crippen LogP contribution in [0.2, 0.25) is 0 Å². The fourth-order valence-corrected chi connectivity index (χ4v) is 1.86. The molecule has 0 radical (unpaired) electrons. The van der Waals surface area contributed by atoms with Gasteiger partial charge in [0.15, 0.2) is 0 Å². The van der Waals surface area contributed by atoms with E-state index in [9.17, 15) is 0 Å². The lowest BCUT2D eigenvalue weighted by Crippen LogP contribution is -2.01. The van der Waals surface area contributed by atoms with Gasteiger partial charge in [-0.2, -0.15) is 0 Å². The van der Waals surface area contributed by atoms with Crippen molar-refractivity contribution in [1.29, 1.82) is 0 Å². The van der Waals surface area contributed by atoms with Crippen LogP contribution in [0.25, 0.3) is 0 Å². The van der Waals surface area contributed by atoms with E-state index in [2.05, 4.69) is 16.5 Å². The lowest BCUT2D eigenvalue weighted by molar-refractivity contribution is 0.519. The number of fused-ring (bicyclic) bond motifs is 1. The van der Waals surface area contributed by atoms with Crippen molar-refractivity contribution in [3.63, 3.8) is 0 Å². The lowest BCUT2D eigenvalue weighted by atomic mass is 10.0. The predicted molar refractivity (Wildman–Crippen MR) is 48.7 cm³/mol. The van der Waals surface area contributed by atoms with Crippen LogP contribution in [0.1, 0.15) is 25.6 Å². The maximum absolute atomic E-state index is 5.62. The average Bonchev–Trinajstić information content (AvgIpc) is 2.23. The molecule has 12 heavy (non-hydrogen) atoms. The molecule has 1 aliphatic heterocycles. The van der Waals surface area contributed by atoms with Gasteiger partial charge in [-0.25, -0.2) is 4.98 Å². The van der Waals surface area contributed by atoms with Crippen molar-refractivity contribution in [3.8, 4) is 0 Å². The van der Waals surface area contributed by atoms with Crippen LogP contribution < -0.4 is 5.73 Å². The Morgan fingerprint density at radius 3 is 3.33 bits per heavy atom. The highest BCUT2D eigenvalue weighted by molar-refractivity contribution is 5.26. The van der Waals surface area contributed by atoms with Crippen molar-refractivity contribution in [2.24, 2.45) is 5.92 Å². The maximum Gasteiger partial charge on any atom is 0.141 e. The van der Waals surface area contributed by atoms with Crippen molar-refractivity contribution in [2.75, 3.05) is 5.73 Å². The van der Waals surface area contributed by atoms with Gasteiger partial charge in [0, 0.05) is 19.2 Å². The van der Waals surface area contributed by atoms with Gasteiger partial charge in [-0.3, -0.25) is 0 Å². The minimum atomic E-state index is 0.666. The number of nitrogen functional groups attached to an aromatic ring is 1. The summed E-state index contributed by atoms with van der Waals surface area (Å²) in [6.07, 6.45) is 5.60. The molecule has 0 fully saturated rings. The first-order valence-corrected chi connectivity index (χ1v) is 4.57. The van der Waals surface area contributed by atoms with E-state index >= 15 is 0 Å². The first kappa shape index (κ1) is 7.65. The van der Waals surface area contributed by atoms with E-state index in [0.29, 0.717) is 5.82 Å². The normalized spacial score (nSPS) is 23.2. The van der Waals surface area contributed by atoms with Gasteiger partial charge in [-0.05, 0) is 18.8 Å². The molecule has 66 valence electrons. The molecule has 1 aromatic rings. The van der Waals surface area contributed by atoms with Crippen molar-refractivity contribution in [2.45, 2.75) is 32.7 Å². The summed E-state index contributed by atoms with van der Waals surface area (Å²) in [6, 6.07) is 0. The fourth-order valence-electron chi connectivity index (χ4n) is 1.86. The van der Waals surface area contributed by atoms with Crippen LogP contribution in [0.5, 0.6) is 0 Å². The highest BCUT2D eigenvalue weighted by atomic mass is 15.1. The Morgan fingerprint density at radius 1 is 1.67 bits per heavy atom. The van der Waals surface area contributed by atoms with Crippen molar-refractivity contribution >= 4 is 5.82 Å². The van der Waals surface area contributed by atoms with E-state index in [1.165, 1.54) is 12.8 Å². The van der Waals surface area contributed by atoms with Crippen molar-refractivity contribution < 1.29 is 0 Å². The van der Waals surface area contributed by atoms with Crippen LogP contribution in [0, 0.1) is 5.92 Å². The van der Waals surface area contributed by atoms with Gasteiger partial charge in [0.25, 0.3) is 0 Å². The van der Waals surface area contributed by atoms with Crippen LogP contribution in [0.3, 0.4) is 0 Å². The largest absolute Gasteiger partial charge is 0.382 e. The molecule has 3 nitrogen and oxygen atoms in total. The molecule has 3 heteroatoms. The number of anilines is 1. The topological polar surface area (TPSA) is 43.8 Å². The van der Waals surface area contributed by atoms with Crippen LogP contribution >= 0.6 is 0 Å². The number of hydrogen-bond acceptors (Lipinski definition) is 2. The number of nitrogens with zero attached hydrogens (tertiary/aromatic N) is 2. The Morgan fingerprint density at radius 2 is 2.50 bits per heavy atom. The number of imidazole rings is 1. The van der Waals surface area contributed by atoms with Crippen molar-refractivity contribution in [1.82, 2.24) is 9.55 Å². The molecule has 0 aromatic carbocycles. The van der Waals surface area contributed by atoms with Crippen LogP contribution in [-0.4, -0.2) is 9.55 Å². The van der Waals surface area contributed by atoms with E-state index < -0.39 is 0 Å². The highest BCUT2D eigenvalue weighted by Gasteiger charge is 2.14. The predicted octanol–water partition coefficient (Wildman–Crippen LogP) is 1.44. The minimum Gasteiger partial charge on any atom is -0.382 e. The quantitative estimate of drug-likeness (QED) is 0.632. The molecule has 1 aliphatic rings. The first-order chi connectivity index (χ1) is 5.75. The summed E-state index contributed by atoms with van der Waals surface area (Å²) in [5.74, 6) is 2.59. The Kier molecular flexibility index (Phi) is 1.79. The summed E-state index contributed by atoms with van der Waals surface area (Å²) in [5.41, 5.74) is 5.62. The maximum atomic E-state index is 5.62. The molecule has 0 amide bonds. The summed E-state index contributed by atoms with van der Waals surface area (Å²) >= 11 is 0. The van der Waals surface area contributed by atoms with Gasteiger partial charge in [-0.1, -0.05) is 6.92 Å². The molecule has 1 aromatic heterocycles. The second kappa shape index (κ2) is 2.81. The zero-order valence-corrected chi connectivity index (χ0v) is 7.45. The SMILES string of the molecule is CC1CCCn2cc(N)nc2C1. The van der Waals surface area contributed by atoms with Crippen LogP contribution in [-0.2, 0) is 13.0 Å². The molecule has 0 spiro atoms. The zero-order chi connectivity index (χ0) is 8.55. The second-order valence-electron chi connectivity index (χ2n) is 3.73.